The van der Waals surface area contributed by atoms with Crippen molar-refractivity contribution in [1.82, 2.24) is 10.2 Å². The molecule has 150 valence electrons. The molecule has 0 bridgehead atoms. The second-order valence-electron chi connectivity index (χ2n) is 6.53. The molecule has 0 saturated carbocycles. The lowest BCUT2D eigenvalue weighted by atomic mass is 10.0. The molecule has 1 unspecified atom stereocenters. The molecule has 0 aliphatic heterocycles. The van der Waals surface area contributed by atoms with Gasteiger partial charge in [-0.1, -0.05) is 60.7 Å². The summed E-state index contributed by atoms with van der Waals surface area (Å²) >= 11 is 0. The van der Waals surface area contributed by atoms with E-state index >= 15 is 0 Å². The molecule has 2 rings (SSSR count). The van der Waals surface area contributed by atoms with Crippen LogP contribution < -0.4 is 5.32 Å². The first-order valence-electron chi connectivity index (χ1n) is 9.07. The minimum Gasteiger partial charge on any atom is -0.481 e. The maximum atomic E-state index is 13.0. The predicted molar refractivity (Wildman–Crippen MR) is 102 cm³/mol. The number of halogens is 2. The van der Waals surface area contributed by atoms with Gasteiger partial charge in [-0.25, -0.2) is 13.6 Å². The summed E-state index contributed by atoms with van der Waals surface area (Å²) in [6.07, 6.45) is -2.15. The Morgan fingerprint density at radius 3 is 2.07 bits per heavy atom. The van der Waals surface area contributed by atoms with E-state index in [-0.39, 0.29) is 19.4 Å². The first-order valence-corrected chi connectivity index (χ1v) is 9.07. The molecular weight excluding hydrogens is 366 g/mol. The summed E-state index contributed by atoms with van der Waals surface area (Å²) in [6, 6.07) is 17.1. The highest BCUT2D eigenvalue weighted by atomic mass is 19.3. The number of amides is 2. The third-order valence-electron chi connectivity index (χ3n) is 4.22. The molecule has 0 aliphatic carbocycles. The van der Waals surface area contributed by atoms with Gasteiger partial charge >= 0.3 is 12.0 Å². The molecule has 0 fully saturated rings. The number of nitrogens with zero attached hydrogens (tertiary/aromatic N) is 1. The van der Waals surface area contributed by atoms with Gasteiger partial charge in [-0.15, -0.1) is 0 Å². The van der Waals surface area contributed by atoms with Gasteiger partial charge < -0.3 is 15.3 Å². The van der Waals surface area contributed by atoms with Gasteiger partial charge in [0.25, 0.3) is 6.43 Å². The summed E-state index contributed by atoms with van der Waals surface area (Å²) in [5.41, 5.74) is 1.67. The van der Waals surface area contributed by atoms with Crippen molar-refractivity contribution in [3.05, 3.63) is 71.8 Å². The number of alkyl halides is 2. The summed E-state index contributed by atoms with van der Waals surface area (Å²) in [6.45, 7) is -0.647. The Morgan fingerprint density at radius 1 is 0.964 bits per heavy atom. The first kappa shape index (κ1) is 21.3. The Labute approximate surface area is 163 Å². The lowest BCUT2D eigenvalue weighted by Crippen LogP contribution is -2.47. The molecule has 7 heteroatoms. The van der Waals surface area contributed by atoms with E-state index in [1.165, 1.54) is 0 Å². The molecule has 2 aromatic rings. The molecule has 2 aromatic carbocycles. The van der Waals surface area contributed by atoms with Gasteiger partial charge in [-0.05, 0) is 24.0 Å². The number of rotatable bonds is 10. The highest BCUT2D eigenvalue weighted by Crippen LogP contribution is 2.11. The highest BCUT2D eigenvalue weighted by Gasteiger charge is 2.22. The molecule has 1 atom stereocenters. The minimum atomic E-state index is -2.67. The molecule has 0 saturated heterocycles. The lowest BCUT2D eigenvalue weighted by Gasteiger charge is -2.26. The number of urea groups is 1. The number of carboxylic acid groups (broad SMARTS) is 1. The van der Waals surface area contributed by atoms with Gasteiger partial charge in [0.1, 0.15) is 0 Å². The second-order valence-corrected chi connectivity index (χ2v) is 6.53. The molecule has 0 radical (unpaired) electrons. The summed E-state index contributed by atoms with van der Waals surface area (Å²) < 4.78 is 26.0. The fourth-order valence-corrected chi connectivity index (χ4v) is 2.88. The van der Waals surface area contributed by atoms with Crippen molar-refractivity contribution in [2.24, 2.45) is 0 Å². The number of nitrogens with one attached hydrogen (secondary N) is 1. The van der Waals surface area contributed by atoms with Crippen LogP contribution in [0.1, 0.15) is 24.0 Å². The van der Waals surface area contributed by atoms with E-state index in [1.807, 2.05) is 36.4 Å². The Hall–Kier alpha value is -2.96. The normalized spacial score (nSPS) is 11.8. The summed E-state index contributed by atoms with van der Waals surface area (Å²) in [5, 5.41) is 11.7. The zero-order chi connectivity index (χ0) is 20.4. The largest absolute Gasteiger partial charge is 0.481 e. The minimum absolute atomic E-state index is 0.0496. The maximum Gasteiger partial charge on any atom is 0.318 e. The van der Waals surface area contributed by atoms with Crippen LogP contribution in [0.2, 0.25) is 0 Å². The monoisotopic (exact) mass is 390 g/mol. The second kappa shape index (κ2) is 11.0. The van der Waals surface area contributed by atoms with Gasteiger partial charge in [0.05, 0.1) is 6.54 Å². The summed E-state index contributed by atoms with van der Waals surface area (Å²) in [4.78, 5) is 24.7. The third kappa shape index (κ3) is 7.73. The number of carbonyl (C=O) groups excluding carboxylic acids is 1. The van der Waals surface area contributed by atoms with E-state index in [1.54, 1.807) is 24.3 Å². The van der Waals surface area contributed by atoms with Crippen LogP contribution in [0.3, 0.4) is 0 Å². The van der Waals surface area contributed by atoms with Gasteiger partial charge in [-0.2, -0.15) is 0 Å². The van der Waals surface area contributed by atoms with Crippen LogP contribution in [0.15, 0.2) is 60.7 Å². The predicted octanol–water partition coefficient (Wildman–Crippen LogP) is 3.94. The van der Waals surface area contributed by atoms with Gasteiger partial charge in [-0.3, -0.25) is 4.79 Å². The Kier molecular flexibility index (Phi) is 8.39. The average Bonchev–Trinajstić information content (AvgIpc) is 2.67. The Balaban J connectivity index is 2.08. The van der Waals surface area contributed by atoms with Crippen molar-refractivity contribution >= 4 is 12.0 Å². The topological polar surface area (TPSA) is 69.6 Å². The molecule has 5 nitrogen and oxygen atoms in total. The molecule has 2 amide bonds. The van der Waals surface area contributed by atoms with Crippen LogP contribution in [-0.4, -0.2) is 41.0 Å². The number of carboxylic acids is 1. The van der Waals surface area contributed by atoms with Crippen molar-refractivity contribution in [3.63, 3.8) is 0 Å². The third-order valence-corrected chi connectivity index (χ3v) is 4.22. The average molecular weight is 390 g/mol. The first-order chi connectivity index (χ1) is 13.4. The zero-order valence-electron chi connectivity index (χ0n) is 15.4. The number of hydrogen-bond donors (Lipinski definition) is 2. The standard InChI is InChI=1S/C21H24F2N2O3/c22-19(23)15-25(14-17-9-5-2-6-10-17)21(28)24-18(11-12-20(26)27)13-16-7-3-1-4-8-16/h1-10,18-19H,11-15H2,(H,24,28)(H,26,27). The number of benzene rings is 2. The number of aliphatic carboxylic acids is 1. The lowest BCUT2D eigenvalue weighted by molar-refractivity contribution is -0.137. The summed E-state index contributed by atoms with van der Waals surface area (Å²) in [7, 11) is 0. The number of hydrogen-bond acceptors (Lipinski definition) is 2. The highest BCUT2D eigenvalue weighted by molar-refractivity contribution is 5.75. The Morgan fingerprint density at radius 2 is 1.54 bits per heavy atom. The van der Waals surface area contributed by atoms with Crippen LogP contribution in [0.25, 0.3) is 0 Å². The van der Waals surface area contributed by atoms with Crippen LogP contribution in [0.5, 0.6) is 0 Å². The molecule has 0 heterocycles. The van der Waals surface area contributed by atoms with Crippen LogP contribution >= 0.6 is 0 Å². The van der Waals surface area contributed by atoms with E-state index in [2.05, 4.69) is 5.32 Å². The van der Waals surface area contributed by atoms with Gasteiger partial charge in [0.2, 0.25) is 0 Å². The molecule has 0 spiro atoms. The molecular formula is C21H24F2N2O3. The van der Waals surface area contributed by atoms with Crippen LogP contribution in [0, 0.1) is 0 Å². The van der Waals surface area contributed by atoms with Crippen molar-refractivity contribution in [2.45, 2.75) is 38.3 Å². The molecule has 0 aromatic heterocycles. The fraction of sp³-hybridized carbons (Fsp3) is 0.333. The van der Waals surface area contributed by atoms with E-state index in [0.29, 0.717) is 6.42 Å². The Bertz CT molecular complexity index is 742. The smallest absolute Gasteiger partial charge is 0.318 e. The molecule has 2 N–H and O–H groups in total. The van der Waals surface area contributed by atoms with Crippen molar-refractivity contribution in [1.29, 1.82) is 0 Å². The van der Waals surface area contributed by atoms with Gasteiger partial charge in [0, 0.05) is 19.0 Å². The van der Waals surface area contributed by atoms with Crippen molar-refractivity contribution in [2.75, 3.05) is 6.54 Å². The quantitative estimate of drug-likeness (QED) is 0.646. The van der Waals surface area contributed by atoms with E-state index in [0.717, 1.165) is 16.0 Å². The van der Waals surface area contributed by atoms with E-state index in [4.69, 9.17) is 5.11 Å². The summed E-state index contributed by atoms with van der Waals surface area (Å²) in [5.74, 6) is -0.971. The van der Waals surface area contributed by atoms with Crippen LogP contribution in [0.4, 0.5) is 13.6 Å². The van der Waals surface area contributed by atoms with E-state index < -0.39 is 31.0 Å². The van der Waals surface area contributed by atoms with Crippen LogP contribution in [-0.2, 0) is 17.8 Å². The van der Waals surface area contributed by atoms with Crippen molar-refractivity contribution in [3.8, 4) is 0 Å². The molecule has 28 heavy (non-hydrogen) atoms. The number of carbonyl (C=O) groups is 2. The zero-order valence-corrected chi connectivity index (χ0v) is 15.4. The SMILES string of the molecule is O=C(O)CCC(Cc1ccccc1)NC(=O)N(Cc1ccccc1)CC(F)F. The van der Waals surface area contributed by atoms with Gasteiger partial charge in [0.15, 0.2) is 0 Å². The fourth-order valence-electron chi connectivity index (χ4n) is 2.88. The van der Waals surface area contributed by atoms with Crippen molar-refractivity contribution < 1.29 is 23.5 Å². The molecule has 0 aliphatic rings. The van der Waals surface area contributed by atoms with E-state index in [9.17, 15) is 18.4 Å². The maximum absolute atomic E-state index is 13.0.